The summed E-state index contributed by atoms with van der Waals surface area (Å²) in [6.45, 7) is 0. The van der Waals surface area contributed by atoms with Crippen LogP contribution < -0.4 is 10.7 Å². The number of anilines is 1. The highest BCUT2D eigenvalue weighted by atomic mass is 16.4. The van der Waals surface area contributed by atoms with Crippen molar-refractivity contribution in [3.8, 4) is 0 Å². The van der Waals surface area contributed by atoms with Gasteiger partial charge in [-0.05, 0) is 35.9 Å². The Hall–Kier alpha value is -3.08. The topological polar surface area (TPSA) is 61.6 Å². The smallest absolute Gasteiger partial charge is 0.408 e. The first-order valence-corrected chi connectivity index (χ1v) is 7.73. The normalized spacial score (nSPS) is 19.2. The first-order chi connectivity index (χ1) is 11.6. The Bertz CT molecular complexity index is 1010. The van der Waals surface area contributed by atoms with Crippen molar-refractivity contribution in [3.63, 3.8) is 0 Å². The molecule has 0 saturated heterocycles. The van der Waals surface area contributed by atoms with Crippen molar-refractivity contribution in [1.82, 2.24) is 4.98 Å². The number of benzene rings is 2. The largest absolute Gasteiger partial charge is 0.417 e. The molecule has 5 heteroatoms. The Kier molecular flexibility index (Phi) is 3.16. The lowest BCUT2D eigenvalue weighted by atomic mass is 9.82. The summed E-state index contributed by atoms with van der Waals surface area (Å²) < 4.78 is 5.23. The zero-order valence-electron chi connectivity index (χ0n) is 13.5. The highest BCUT2D eigenvalue weighted by Crippen LogP contribution is 2.42. The van der Waals surface area contributed by atoms with Gasteiger partial charge in [-0.1, -0.05) is 24.3 Å². The molecule has 0 aliphatic carbocycles. The van der Waals surface area contributed by atoms with Crippen LogP contribution in [0.1, 0.15) is 11.1 Å². The second kappa shape index (κ2) is 5.23. The molecule has 1 aliphatic rings. The van der Waals surface area contributed by atoms with E-state index < -0.39 is 11.3 Å². The molecular formula is C19H17N3O2. The van der Waals surface area contributed by atoms with Gasteiger partial charge < -0.3 is 9.32 Å². The van der Waals surface area contributed by atoms with E-state index in [1.165, 1.54) is 0 Å². The number of aromatic nitrogens is 1. The molecule has 1 unspecified atom stereocenters. The standard InChI is InChI=1S/C19H17N3O2/c1-22(2)16-7-4-3-6-14(16)19(10-5-11-20-19)13-8-9-15-17(12-13)24-18(23)21-15/h3-12H,1-2H3,(H,21,23). The molecule has 1 N–H and O–H groups in total. The van der Waals surface area contributed by atoms with Crippen molar-refractivity contribution in [2.24, 2.45) is 4.99 Å². The van der Waals surface area contributed by atoms with Crippen LogP contribution in [0.4, 0.5) is 5.69 Å². The summed E-state index contributed by atoms with van der Waals surface area (Å²) in [5.74, 6) is -0.449. The van der Waals surface area contributed by atoms with E-state index in [1.54, 1.807) is 0 Å². The van der Waals surface area contributed by atoms with E-state index in [0.717, 1.165) is 16.8 Å². The predicted molar refractivity (Wildman–Crippen MR) is 96.0 cm³/mol. The first kappa shape index (κ1) is 14.5. The average Bonchev–Trinajstić information content (AvgIpc) is 3.20. The van der Waals surface area contributed by atoms with Gasteiger partial charge in [-0.2, -0.15) is 0 Å². The third kappa shape index (κ3) is 2.09. The summed E-state index contributed by atoms with van der Waals surface area (Å²) in [4.78, 5) is 21.0. The van der Waals surface area contributed by atoms with E-state index in [-0.39, 0.29) is 0 Å². The molecule has 5 nitrogen and oxygen atoms in total. The van der Waals surface area contributed by atoms with Gasteiger partial charge in [-0.25, -0.2) is 4.79 Å². The Morgan fingerprint density at radius 1 is 1.17 bits per heavy atom. The maximum absolute atomic E-state index is 11.4. The number of H-pyrrole nitrogens is 1. The summed E-state index contributed by atoms with van der Waals surface area (Å²) in [6, 6.07) is 13.9. The number of hydrogen-bond donors (Lipinski definition) is 1. The minimum Gasteiger partial charge on any atom is -0.408 e. The predicted octanol–water partition coefficient (Wildman–Crippen LogP) is 3.07. The number of allylic oxidation sites excluding steroid dienone is 1. The molecule has 1 aromatic heterocycles. The molecule has 0 spiro atoms. The molecule has 2 heterocycles. The van der Waals surface area contributed by atoms with Gasteiger partial charge in [-0.3, -0.25) is 9.98 Å². The fourth-order valence-corrected chi connectivity index (χ4v) is 3.24. The van der Waals surface area contributed by atoms with E-state index in [2.05, 4.69) is 28.1 Å². The maximum Gasteiger partial charge on any atom is 0.417 e. The third-order valence-corrected chi connectivity index (χ3v) is 4.36. The Labute approximate surface area is 138 Å². The van der Waals surface area contributed by atoms with Gasteiger partial charge in [-0.15, -0.1) is 0 Å². The molecule has 0 radical (unpaired) electrons. The lowest BCUT2D eigenvalue weighted by Gasteiger charge is -2.30. The second-order valence-corrected chi connectivity index (χ2v) is 6.04. The highest BCUT2D eigenvalue weighted by Gasteiger charge is 2.35. The Morgan fingerprint density at radius 3 is 2.75 bits per heavy atom. The van der Waals surface area contributed by atoms with Crippen molar-refractivity contribution in [2.45, 2.75) is 5.54 Å². The summed E-state index contributed by atoms with van der Waals surface area (Å²) in [5.41, 5.74) is 3.73. The van der Waals surface area contributed by atoms with E-state index >= 15 is 0 Å². The van der Waals surface area contributed by atoms with Crippen LogP contribution in [0, 0.1) is 0 Å². The van der Waals surface area contributed by atoms with Gasteiger partial charge in [0, 0.05) is 31.6 Å². The third-order valence-electron chi connectivity index (χ3n) is 4.36. The first-order valence-electron chi connectivity index (χ1n) is 7.73. The SMILES string of the molecule is CN(C)c1ccccc1C1(c2ccc3[nH]c(=O)oc3c2)C=CC=N1. The summed E-state index contributed by atoms with van der Waals surface area (Å²) >= 11 is 0. The van der Waals surface area contributed by atoms with E-state index in [0.29, 0.717) is 11.1 Å². The van der Waals surface area contributed by atoms with Crippen LogP contribution in [-0.4, -0.2) is 25.3 Å². The monoisotopic (exact) mass is 319 g/mol. The van der Waals surface area contributed by atoms with Crippen LogP contribution in [-0.2, 0) is 5.54 Å². The number of fused-ring (bicyclic) bond motifs is 1. The van der Waals surface area contributed by atoms with Crippen molar-refractivity contribution in [3.05, 3.63) is 76.3 Å². The van der Waals surface area contributed by atoms with Gasteiger partial charge in [0.05, 0.1) is 5.52 Å². The molecule has 120 valence electrons. The molecule has 2 aromatic carbocycles. The average molecular weight is 319 g/mol. The van der Waals surface area contributed by atoms with E-state index in [9.17, 15) is 4.79 Å². The Morgan fingerprint density at radius 2 is 2.00 bits per heavy atom. The van der Waals surface area contributed by atoms with Crippen molar-refractivity contribution in [1.29, 1.82) is 0 Å². The lowest BCUT2D eigenvalue weighted by Crippen LogP contribution is -2.24. The number of para-hydroxylation sites is 1. The zero-order valence-corrected chi connectivity index (χ0v) is 13.5. The molecule has 0 bridgehead atoms. The fourth-order valence-electron chi connectivity index (χ4n) is 3.24. The van der Waals surface area contributed by atoms with Gasteiger partial charge in [0.25, 0.3) is 0 Å². The van der Waals surface area contributed by atoms with Crippen LogP contribution in [0.3, 0.4) is 0 Å². The zero-order chi connectivity index (χ0) is 16.7. The minimum absolute atomic E-state index is 0.449. The van der Waals surface area contributed by atoms with E-state index in [4.69, 9.17) is 9.41 Å². The van der Waals surface area contributed by atoms with Crippen LogP contribution in [0.5, 0.6) is 0 Å². The van der Waals surface area contributed by atoms with Crippen molar-refractivity contribution in [2.75, 3.05) is 19.0 Å². The van der Waals surface area contributed by atoms with Crippen LogP contribution >= 0.6 is 0 Å². The van der Waals surface area contributed by atoms with Gasteiger partial charge in [0.15, 0.2) is 5.58 Å². The van der Waals surface area contributed by atoms with Crippen LogP contribution in [0.2, 0.25) is 0 Å². The van der Waals surface area contributed by atoms with Crippen LogP contribution in [0.15, 0.2) is 68.8 Å². The number of aromatic amines is 1. The van der Waals surface area contributed by atoms with Gasteiger partial charge in [0.1, 0.15) is 5.54 Å². The van der Waals surface area contributed by atoms with Gasteiger partial charge in [0.2, 0.25) is 0 Å². The Balaban J connectivity index is 1.98. The van der Waals surface area contributed by atoms with Crippen LogP contribution in [0.25, 0.3) is 11.1 Å². The molecular weight excluding hydrogens is 302 g/mol. The lowest BCUT2D eigenvalue weighted by molar-refractivity contribution is 0.554. The van der Waals surface area contributed by atoms with E-state index in [1.807, 2.05) is 56.7 Å². The molecule has 1 aliphatic heterocycles. The maximum atomic E-state index is 11.4. The number of nitrogens with zero attached hydrogens (tertiary/aromatic N) is 2. The van der Waals surface area contributed by atoms with Crippen molar-refractivity contribution >= 4 is 23.0 Å². The summed E-state index contributed by atoms with van der Waals surface area (Å²) in [7, 11) is 4.03. The number of hydrogen-bond acceptors (Lipinski definition) is 4. The number of rotatable bonds is 3. The number of oxazole rings is 1. The summed E-state index contributed by atoms with van der Waals surface area (Å²) in [5, 5.41) is 0. The van der Waals surface area contributed by atoms with Crippen molar-refractivity contribution < 1.29 is 4.42 Å². The minimum atomic E-state index is -0.620. The molecule has 24 heavy (non-hydrogen) atoms. The molecule has 0 fully saturated rings. The molecule has 0 saturated carbocycles. The number of nitrogens with one attached hydrogen (secondary N) is 1. The number of aliphatic imine (C=N–C) groups is 1. The summed E-state index contributed by atoms with van der Waals surface area (Å²) in [6.07, 6.45) is 5.83. The second-order valence-electron chi connectivity index (χ2n) is 6.04. The molecule has 0 amide bonds. The molecule has 1 atom stereocenters. The quantitative estimate of drug-likeness (QED) is 0.807. The molecule has 4 rings (SSSR count). The fraction of sp³-hybridized carbons (Fsp3) is 0.158. The molecule has 3 aromatic rings. The van der Waals surface area contributed by atoms with Gasteiger partial charge >= 0.3 is 5.76 Å². The highest BCUT2D eigenvalue weighted by molar-refractivity contribution is 5.81.